The highest BCUT2D eigenvalue weighted by Crippen LogP contribution is 2.52. The van der Waals surface area contributed by atoms with Gasteiger partial charge >= 0.3 is 0 Å². The third kappa shape index (κ3) is 11.6. The number of benzene rings is 13. The fourth-order valence-electron chi connectivity index (χ4n) is 17.6. The maximum Gasteiger partial charge on any atom is 0.252 e. The molecule has 5 heteroatoms. The molecule has 13 aromatic carbocycles. The molecule has 15 aromatic rings. The van der Waals surface area contributed by atoms with Gasteiger partial charge in [-0.2, -0.15) is 0 Å². The van der Waals surface area contributed by atoms with Gasteiger partial charge in [0.2, 0.25) is 0 Å². The Morgan fingerprint density at radius 3 is 0.916 bits per heavy atom. The first-order chi connectivity index (χ1) is 50.9. The van der Waals surface area contributed by atoms with Crippen LogP contribution in [0.4, 0.5) is 34.1 Å². The van der Waals surface area contributed by atoms with Crippen molar-refractivity contribution in [3.8, 4) is 55.9 Å². The van der Waals surface area contributed by atoms with Gasteiger partial charge < -0.3 is 18.9 Å². The fourth-order valence-corrected chi connectivity index (χ4v) is 17.6. The Labute approximate surface area is 635 Å². The predicted octanol–water partition coefficient (Wildman–Crippen LogP) is 26.4. The van der Waals surface area contributed by atoms with Gasteiger partial charge in [0.1, 0.15) is 0 Å². The summed E-state index contributed by atoms with van der Waals surface area (Å²) in [5.41, 5.74) is 34.7. The molecule has 0 saturated heterocycles. The summed E-state index contributed by atoms with van der Waals surface area (Å²) in [6, 6.07) is 106. The van der Waals surface area contributed by atoms with E-state index in [9.17, 15) is 0 Å². The van der Waals surface area contributed by atoms with Crippen molar-refractivity contribution in [3.05, 3.63) is 306 Å². The molecule has 0 saturated carbocycles. The quantitative estimate of drug-likeness (QED) is 0.141. The Bertz CT molecular complexity index is 5670. The summed E-state index contributed by atoms with van der Waals surface area (Å²) in [7, 11) is 0. The molecule has 2 aliphatic rings. The van der Waals surface area contributed by atoms with E-state index < -0.39 is 0 Å². The van der Waals surface area contributed by atoms with Crippen LogP contribution in [0.25, 0.3) is 99.5 Å². The lowest BCUT2D eigenvalue weighted by molar-refractivity contribution is 0.568. The van der Waals surface area contributed by atoms with Crippen molar-refractivity contribution in [2.24, 2.45) is 0 Å². The Morgan fingerprint density at radius 2 is 0.542 bits per heavy atom. The maximum atomic E-state index is 2.65. The topological polar surface area (TPSA) is 16.3 Å². The number of anilines is 6. The van der Waals surface area contributed by atoms with Crippen molar-refractivity contribution in [3.63, 3.8) is 0 Å². The van der Waals surface area contributed by atoms with E-state index in [-0.39, 0.29) is 39.2 Å². The maximum absolute atomic E-state index is 2.65. The van der Waals surface area contributed by atoms with E-state index in [1.807, 2.05) is 0 Å². The van der Waals surface area contributed by atoms with Crippen LogP contribution in [-0.4, -0.2) is 15.8 Å². The van der Waals surface area contributed by atoms with Crippen molar-refractivity contribution in [2.75, 3.05) is 9.80 Å². The summed E-state index contributed by atoms with van der Waals surface area (Å²) >= 11 is 0. The molecule has 4 heterocycles. The molecule has 4 nitrogen and oxygen atoms in total. The Hall–Kier alpha value is -10.9. The minimum atomic E-state index is -0.195. The van der Waals surface area contributed by atoms with Crippen molar-refractivity contribution < 1.29 is 0 Å². The molecule has 2 aromatic heterocycles. The molecule has 530 valence electrons. The number of para-hydroxylation sites is 6. The highest BCUT2D eigenvalue weighted by Gasteiger charge is 2.45. The van der Waals surface area contributed by atoms with Gasteiger partial charge in [0.25, 0.3) is 6.71 Å². The van der Waals surface area contributed by atoms with Crippen LogP contribution in [0.15, 0.2) is 273 Å². The first-order valence-corrected chi connectivity index (χ1v) is 38.7. The van der Waals surface area contributed by atoms with Gasteiger partial charge in [-0.15, -0.1) is 0 Å². The molecule has 107 heavy (non-hydrogen) atoms. The highest BCUT2D eigenvalue weighted by molar-refractivity contribution is 7.00. The average molecular weight is 1390 g/mol. The molecule has 0 radical (unpaired) electrons. The molecule has 17 rings (SSSR count). The zero-order chi connectivity index (χ0) is 74.8. The van der Waals surface area contributed by atoms with E-state index in [1.54, 1.807) is 0 Å². The summed E-state index contributed by atoms with van der Waals surface area (Å²) in [6.07, 6.45) is 0. The van der Waals surface area contributed by atoms with Gasteiger partial charge in [-0.1, -0.05) is 337 Å². The van der Waals surface area contributed by atoms with Crippen LogP contribution in [0.1, 0.15) is 158 Å². The molecule has 0 aliphatic carbocycles. The smallest absolute Gasteiger partial charge is 0.252 e. The lowest BCUT2D eigenvalue weighted by atomic mass is 9.33. The van der Waals surface area contributed by atoms with Gasteiger partial charge in [0.15, 0.2) is 0 Å². The van der Waals surface area contributed by atoms with E-state index in [0.717, 1.165) is 45.5 Å². The van der Waals surface area contributed by atoms with Crippen LogP contribution < -0.4 is 26.2 Å². The first-order valence-electron chi connectivity index (χ1n) is 38.7. The largest absolute Gasteiger partial charge is 0.311 e. The third-order valence-corrected chi connectivity index (χ3v) is 23.2. The van der Waals surface area contributed by atoms with Crippen LogP contribution in [0.5, 0.6) is 0 Å². The minimum Gasteiger partial charge on any atom is -0.311 e. The number of hydrogen-bond acceptors (Lipinski definition) is 2. The Kier molecular flexibility index (Phi) is 16.1. The second-order valence-corrected chi connectivity index (χ2v) is 36.6. The van der Waals surface area contributed by atoms with Crippen molar-refractivity contribution >= 4 is 101 Å². The van der Waals surface area contributed by atoms with Gasteiger partial charge in [0.05, 0.1) is 33.4 Å². The molecule has 0 fully saturated rings. The summed E-state index contributed by atoms with van der Waals surface area (Å²) in [5.74, 6) is 0. The Morgan fingerprint density at radius 1 is 0.234 bits per heavy atom. The zero-order valence-electron chi connectivity index (χ0n) is 65.8. The summed E-state index contributed by atoms with van der Waals surface area (Å²) < 4.78 is 5.18. The summed E-state index contributed by atoms with van der Waals surface area (Å²) in [6.45, 7) is 42.1. The number of hydrogen-bond donors (Lipinski definition) is 0. The molecular weight excluding hydrogens is 1290 g/mol. The molecule has 0 atom stereocenters. The number of fused-ring (bicyclic) bond motifs is 10. The lowest BCUT2D eigenvalue weighted by Gasteiger charge is -2.45. The fraction of sp³-hybridized carbons (Fsp3) is 0.235. The second-order valence-electron chi connectivity index (χ2n) is 36.6. The summed E-state index contributed by atoms with van der Waals surface area (Å²) in [4.78, 5) is 5.30. The van der Waals surface area contributed by atoms with Crippen molar-refractivity contribution in [1.82, 2.24) is 9.13 Å². The van der Waals surface area contributed by atoms with Crippen molar-refractivity contribution in [2.45, 2.75) is 157 Å². The van der Waals surface area contributed by atoms with Gasteiger partial charge in [-0.3, -0.25) is 0 Å². The standard InChI is InChI=1S/C102H99BN4/c1-97(2,3)66-56-64(57-67(60-66)98(4,5)6)72-40-31-42-80-78-38-23-27-46-86(78)104(95(72)80)70-52-54-84-92(62-70)106(88-48-29-21-36-76(88)74-34-19-25-44-82(74)101(13,14)15)90-50-33-51-91-94(90)103(84)85-55-53-71(63-93(85)107(91)89-49-30-22-37-77(89)75-35-20-26-45-83(75)102(16,17)18)105-87-47-28-24-39-79(87)81-43-32-41-73(96(81)105)65-58-68(99(7,8)9)61-69(59-65)100(10,11)12/h19-63H,1-18H3. The van der Waals surface area contributed by atoms with Crippen LogP contribution in [0.3, 0.4) is 0 Å². The molecule has 0 spiro atoms. The number of aromatic nitrogens is 2. The molecule has 0 unspecified atom stereocenters. The van der Waals surface area contributed by atoms with Crippen LogP contribution in [-0.2, 0) is 32.5 Å². The highest BCUT2D eigenvalue weighted by atomic mass is 15.2. The molecule has 2 aliphatic heterocycles. The van der Waals surface area contributed by atoms with Crippen LogP contribution in [0.2, 0.25) is 0 Å². The summed E-state index contributed by atoms with van der Waals surface area (Å²) in [5, 5.41) is 4.92. The number of rotatable bonds is 8. The van der Waals surface area contributed by atoms with Crippen LogP contribution >= 0.6 is 0 Å². The van der Waals surface area contributed by atoms with Gasteiger partial charge in [-0.05, 0) is 165 Å². The monoisotopic (exact) mass is 1390 g/mol. The SMILES string of the molecule is CC(C)(C)c1cc(-c2cccc3c4ccccc4n(-c4ccc5c(c4)N(c4ccccc4-c4ccccc4C(C)(C)C)c4cccc6c4B5c4ccc(-n5c7ccccc7c7cccc(-c8cc(C(C)(C)C)cc(C(C)(C)C)c8)c75)cc4N6c4ccccc4-c4ccccc4C(C)(C)C)c23)cc(C(C)(C)C)c1. The van der Waals surface area contributed by atoms with E-state index in [0.29, 0.717) is 0 Å². The molecule has 0 bridgehead atoms. The van der Waals surface area contributed by atoms with E-state index >= 15 is 0 Å². The number of nitrogens with zero attached hydrogens (tertiary/aromatic N) is 4. The average Bonchev–Trinajstić information content (AvgIpc) is 1.03. The van der Waals surface area contributed by atoms with Crippen LogP contribution in [0, 0.1) is 0 Å². The molecular formula is C102H99BN4. The van der Waals surface area contributed by atoms with Crippen molar-refractivity contribution in [1.29, 1.82) is 0 Å². The van der Waals surface area contributed by atoms with E-state index in [2.05, 4.69) is 417 Å². The minimum absolute atomic E-state index is 0.0692. The van der Waals surface area contributed by atoms with E-state index in [1.165, 1.54) is 138 Å². The van der Waals surface area contributed by atoms with E-state index in [4.69, 9.17) is 0 Å². The Balaban J connectivity index is 0.980. The molecule has 0 amide bonds. The second kappa shape index (κ2) is 24.9. The van der Waals surface area contributed by atoms with Gasteiger partial charge in [-0.25, -0.2) is 0 Å². The lowest BCUT2D eigenvalue weighted by Crippen LogP contribution is -2.61. The third-order valence-electron chi connectivity index (χ3n) is 23.2. The predicted molar refractivity (Wildman–Crippen MR) is 463 cm³/mol. The normalized spacial score (nSPS) is 13.5. The molecule has 0 N–H and O–H groups in total. The van der Waals surface area contributed by atoms with Gasteiger partial charge in [0, 0.05) is 77.9 Å². The zero-order valence-corrected chi connectivity index (χ0v) is 65.8. The first kappa shape index (κ1) is 69.2.